The molecule has 22 heteroatoms. The number of aliphatic hydroxyl groups is 2. The summed E-state index contributed by atoms with van der Waals surface area (Å²) in [4.78, 5) is 69.7. The molecule has 0 bridgehead atoms. The van der Waals surface area contributed by atoms with Crippen LogP contribution in [0.15, 0.2) is 364 Å². The number of carboxylic acids is 1. The van der Waals surface area contributed by atoms with Crippen LogP contribution in [0.3, 0.4) is 0 Å². The Morgan fingerprint density at radius 1 is 0.436 bits per heavy atom. The number of benzene rings is 12. The number of aromatic carboxylic acids is 1. The van der Waals surface area contributed by atoms with E-state index >= 15 is 4.39 Å². The minimum Gasteiger partial charge on any atom is -0.512 e. The zero-order valence-electron chi connectivity index (χ0n) is 77.0. The van der Waals surface area contributed by atoms with Crippen molar-refractivity contribution < 1.29 is 120 Å². The molecule has 0 saturated carbocycles. The minimum absolute atomic E-state index is 0. The van der Waals surface area contributed by atoms with E-state index in [-0.39, 0.29) is 116 Å². The van der Waals surface area contributed by atoms with E-state index in [2.05, 4.69) is 164 Å². The van der Waals surface area contributed by atoms with Crippen LogP contribution in [0.4, 0.5) is 8.78 Å². The van der Waals surface area contributed by atoms with Gasteiger partial charge in [-0.05, 0) is 164 Å². The maximum Gasteiger partial charge on any atom is 2.00 e. The van der Waals surface area contributed by atoms with Gasteiger partial charge in [0.15, 0.2) is 17.2 Å². The van der Waals surface area contributed by atoms with Gasteiger partial charge < -0.3 is 25.3 Å². The predicted molar refractivity (Wildman–Crippen MR) is 546 cm³/mol. The van der Waals surface area contributed by atoms with Crippen LogP contribution in [-0.4, -0.2) is 72.7 Å². The number of aromatic nitrogens is 8. The Hall–Kier alpha value is -13.8. The zero-order valence-corrected chi connectivity index (χ0v) is 88.1. The number of alkyl halides is 1. The number of allylic oxidation sites excluding steroid dienone is 4. The van der Waals surface area contributed by atoms with E-state index in [1.807, 2.05) is 233 Å². The summed E-state index contributed by atoms with van der Waals surface area (Å²) in [5.74, 6) is -1.36. The largest absolute Gasteiger partial charge is 2.00 e. The molecule has 14 nitrogen and oxygen atoms in total. The van der Waals surface area contributed by atoms with Crippen molar-refractivity contribution in [2.45, 2.75) is 73.4 Å². The third-order valence-electron chi connectivity index (χ3n) is 22.5. The molecule has 0 atom stereocenters. The Morgan fingerprint density at radius 2 is 1.00 bits per heavy atom. The molecular weight excluding hydrogens is 2500 g/mol. The van der Waals surface area contributed by atoms with E-state index in [4.69, 9.17) is 15.2 Å². The molecular formula is C118H88F2Ir3N8O6PtS2-4. The molecule has 3 N–H and O–H groups in total. The van der Waals surface area contributed by atoms with Crippen molar-refractivity contribution in [2.75, 3.05) is 0 Å². The third-order valence-corrected chi connectivity index (χ3v) is 24.6. The SMILES string of the molecule is CC(=O)C=C(C)O.CC(=O)C=C(C)O.CC(F)(c1cccc(-c2[c-]c3ccccc3s2)n1)c1cccc(-c2[c-]c3ccccc3s2)n1.CC1(C)c2c([c-]ccc2F)-c2ncc(-c3ccccc3)c3cccc1c23.Cc1ccc(-c2cc(C(=O)O)nc(-c3[c-]cccc3)c2)cc1.Cc1cnc2c3[c-]cccc3c3ccccc3c2n1.[Ir].[Ir].[Ir].[Pt+2].[c-]1c(-c2ccccn2)cccc1-c1nccc2ccccc12. The van der Waals surface area contributed by atoms with Gasteiger partial charge in [-0.3, -0.25) is 39.5 Å². The topological polar surface area (TPSA) is 215 Å². The maximum absolute atomic E-state index is 16.2. The van der Waals surface area contributed by atoms with E-state index in [9.17, 15) is 23.9 Å². The number of carbonyl (C=O) groups excluding carboxylic acids is 2. The van der Waals surface area contributed by atoms with Gasteiger partial charge in [0.2, 0.25) is 0 Å². The molecule has 21 aromatic rings. The number of aliphatic hydroxyl groups excluding tert-OH is 2. The molecule has 1 aliphatic carbocycles. The number of carbonyl (C=O) groups is 3. The summed E-state index contributed by atoms with van der Waals surface area (Å²) in [7, 11) is 0. The van der Waals surface area contributed by atoms with Crippen molar-refractivity contribution in [1.29, 1.82) is 0 Å². The van der Waals surface area contributed by atoms with E-state index in [0.717, 1.165) is 146 Å². The van der Waals surface area contributed by atoms with Crippen LogP contribution < -0.4 is 0 Å². The minimum atomic E-state index is -1.85. The summed E-state index contributed by atoms with van der Waals surface area (Å²) >= 11 is 3.22. The molecule has 703 valence electrons. The molecule has 9 heterocycles. The first-order chi connectivity index (χ1) is 65.8. The van der Waals surface area contributed by atoms with Crippen molar-refractivity contribution in [3.63, 3.8) is 0 Å². The summed E-state index contributed by atoms with van der Waals surface area (Å²) < 4.78 is 33.2. The molecule has 0 spiro atoms. The molecule has 12 aromatic carbocycles. The number of aryl methyl sites for hydroxylation is 2. The van der Waals surface area contributed by atoms with Crippen molar-refractivity contribution in [3.8, 4) is 88.4 Å². The standard InChI is InChI=1S/C28H17FN2S2.C24H17FN.C20H13N2.C19H14NO2.C17H11N2.2C5H8O2.3Ir.Pt/c1-28(29,26-14-6-10-20(30-26)24-16-18-8-2-4-12-22(18)32-24)27-15-7-11-21(31-27)25-17-19-9-3-5-13-23(19)33-25;1-24(2)19-12-6-10-16-18(15-8-4-3-5-9-15)14-26-23(21(16)19)17-11-7-13-20(25)22(17)24;1-2-9-18-15(6-1)11-13-22-20(18)17-8-5-7-16(14-17)19-10-3-4-12-21-19;1-13-7-9-14(10-8-13)16-11-17(15-5-3-2-4-6-15)20-18(12-16)19(21)22;1-11-10-18-16-14-8-4-2-6-12(14)13-7-3-5-9-15(13)17(16)19-11;2*1-4(6)3-5(2)7;;;;/h2-15H,1H3;3-10,12-14H,1-2H3;1-13H;2-5,7-12H,1H3,(H,21,22);2-7,9-10H,1H3;2*3,6H,1-2H3;;;;/q-2;4*-1;;;;;;+2. The van der Waals surface area contributed by atoms with Crippen molar-refractivity contribution in [1.82, 2.24) is 39.9 Å². The molecule has 9 aromatic heterocycles. The van der Waals surface area contributed by atoms with Crippen LogP contribution >= 0.6 is 22.7 Å². The van der Waals surface area contributed by atoms with E-state index in [1.54, 1.807) is 59.2 Å². The second-order valence-electron chi connectivity index (χ2n) is 32.9. The van der Waals surface area contributed by atoms with Crippen LogP contribution in [0.25, 0.3) is 163 Å². The van der Waals surface area contributed by atoms with Crippen molar-refractivity contribution >= 4 is 115 Å². The normalized spacial score (nSPS) is 11.5. The molecule has 140 heavy (non-hydrogen) atoms. The van der Waals surface area contributed by atoms with E-state index < -0.39 is 17.1 Å². The summed E-state index contributed by atoms with van der Waals surface area (Å²) in [5.41, 5.74) is 16.5. The van der Waals surface area contributed by atoms with Crippen LogP contribution in [0, 0.1) is 56.1 Å². The molecule has 0 aliphatic heterocycles. The first-order valence-corrected chi connectivity index (χ1v) is 45.4. The number of rotatable bonds is 12. The van der Waals surface area contributed by atoms with Crippen LogP contribution in [0.2, 0.25) is 0 Å². The summed E-state index contributed by atoms with van der Waals surface area (Å²) in [5, 5.41) is 37.3. The van der Waals surface area contributed by atoms with Gasteiger partial charge in [0.1, 0.15) is 5.69 Å². The van der Waals surface area contributed by atoms with Crippen molar-refractivity contribution in [3.05, 3.63) is 446 Å². The van der Waals surface area contributed by atoms with Gasteiger partial charge >= 0.3 is 27.0 Å². The summed E-state index contributed by atoms with van der Waals surface area (Å²) in [6.07, 6.45) is 9.69. The summed E-state index contributed by atoms with van der Waals surface area (Å²) in [6, 6.07) is 122. The zero-order chi connectivity index (χ0) is 95.2. The average molecular weight is 2590 g/mol. The van der Waals surface area contributed by atoms with Gasteiger partial charge in [-0.2, -0.15) is 0 Å². The first kappa shape index (κ1) is 105. The number of fused-ring (bicyclic) bond motifs is 11. The second kappa shape index (κ2) is 47.7. The number of thiophene rings is 2. The molecule has 22 rings (SSSR count). The Kier molecular flexibility index (Phi) is 35.8. The molecule has 0 amide bonds. The number of carboxylic acid groups (broad SMARTS) is 1. The van der Waals surface area contributed by atoms with Gasteiger partial charge in [-0.15, -0.1) is 161 Å². The van der Waals surface area contributed by atoms with Gasteiger partial charge in [-0.1, -0.05) is 235 Å². The number of hydrogen-bond donors (Lipinski definition) is 3. The molecule has 1 aliphatic rings. The van der Waals surface area contributed by atoms with Crippen LogP contribution in [-0.2, 0) is 102 Å². The van der Waals surface area contributed by atoms with Gasteiger partial charge in [-0.25, -0.2) is 36.2 Å². The number of halogens is 2. The van der Waals surface area contributed by atoms with Crippen molar-refractivity contribution in [2.24, 2.45) is 0 Å². The van der Waals surface area contributed by atoms with E-state index in [0.29, 0.717) is 34.0 Å². The number of ketones is 2. The first-order valence-electron chi connectivity index (χ1n) is 43.7. The van der Waals surface area contributed by atoms with Crippen LogP contribution in [0.5, 0.6) is 0 Å². The number of hydrogen-bond acceptors (Lipinski definition) is 15. The number of nitrogens with zero attached hydrogens (tertiary/aromatic N) is 8. The van der Waals surface area contributed by atoms with Gasteiger partial charge in [0.25, 0.3) is 0 Å². The Balaban J connectivity index is 0.000000152. The Bertz CT molecular complexity index is 7830. The Labute approximate surface area is 873 Å². The Morgan fingerprint density at radius 3 is 1.61 bits per heavy atom. The fourth-order valence-electron chi connectivity index (χ4n) is 16.2. The smallest absolute Gasteiger partial charge is 0.512 e. The monoisotopic (exact) mass is 2590 g/mol. The molecule has 3 radical (unpaired) electrons. The third kappa shape index (κ3) is 24.5. The number of pyridine rings is 6. The summed E-state index contributed by atoms with van der Waals surface area (Å²) in [6.45, 7) is 15.4. The quantitative estimate of drug-likeness (QED) is 0.0449. The molecule has 0 unspecified atom stereocenters. The fraction of sp³-hybridized carbons (Fsp3) is 0.0932. The van der Waals surface area contributed by atoms with Gasteiger partial charge in [0, 0.05) is 137 Å². The van der Waals surface area contributed by atoms with E-state index in [1.165, 1.54) is 69.0 Å². The molecule has 0 fully saturated rings. The fourth-order valence-corrected chi connectivity index (χ4v) is 18.1. The average Bonchev–Trinajstić information content (AvgIpc) is 0.711. The van der Waals surface area contributed by atoms with Crippen LogP contribution in [0.1, 0.15) is 92.7 Å². The van der Waals surface area contributed by atoms with Gasteiger partial charge in [0.05, 0.1) is 34.1 Å². The molecule has 0 saturated heterocycles. The predicted octanol–water partition coefficient (Wildman–Crippen LogP) is 29.3. The second-order valence-corrected chi connectivity index (χ2v) is 35.0. The maximum atomic E-state index is 16.2.